The van der Waals surface area contributed by atoms with Gasteiger partial charge in [0.25, 0.3) is 0 Å². The lowest BCUT2D eigenvalue weighted by Crippen LogP contribution is -2.20. The second kappa shape index (κ2) is 19.9. The normalized spacial score (nSPS) is 11.7. The van der Waals surface area contributed by atoms with E-state index in [-0.39, 0.29) is 10.8 Å². The van der Waals surface area contributed by atoms with Crippen molar-refractivity contribution in [2.24, 2.45) is 0 Å². The number of rotatable bonds is 11. The van der Waals surface area contributed by atoms with Crippen LogP contribution in [0, 0.1) is 0 Å². The topological polar surface area (TPSA) is 22.6 Å². The first-order chi connectivity index (χ1) is 35.9. The number of fused-ring (bicyclic) bond motifs is 2. The van der Waals surface area contributed by atoms with Crippen LogP contribution in [-0.4, -0.2) is 4.98 Å². The van der Waals surface area contributed by atoms with Crippen molar-refractivity contribution in [3.05, 3.63) is 265 Å². The van der Waals surface area contributed by atoms with Crippen molar-refractivity contribution in [2.75, 3.05) is 14.7 Å². The molecule has 0 saturated heterocycles. The van der Waals surface area contributed by atoms with Crippen molar-refractivity contribution >= 4 is 84.6 Å². The molecule has 0 saturated carbocycles. The molecule has 4 nitrogen and oxygen atoms in total. The molecule has 0 aliphatic carbocycles. The molecule has 0 radical (unpaired) electrons. The second-order valence-electron chi connectivity index (χ2n) is 21.0. The molecular formula is C69H59ClN4. The number of pyridine rings is 1. The number of benzene rings is 10. The lowest BCUT2D eigenvalue weighted by Gasteiger charge is -2.34. The summed E-state index contributed by atoms with van der Waals surface area (Å²) in [5, 5.41) is 5.37. The van der Waals surface area contributed by atoms with E-state index in [9.17, 15) is 0 Å². The third kappa shape index (κ3) is 9.41. The number of nitrogens with zero attached hydrogens (tertiary/aromatic N) is 4. The number of halogens is 1. The third-order valence-electron chi connectivity index (χ3n) is 14.0. The molecule has 0 aliphatic heterocycles. The fraction of sp³-hybridized carbons (Fsp3) is 0.116. The summed E-state index contributed by atoms with van der Waals surface area (Å²) in [6.45, 7) is 13.6. The zero-order valence-electron chi connectivity index (χ0n) is 42.8. The van der Waals surface area contributed by atoms with Crippen molar-refractivity contribution in [3.8, 4) is 22.3 Å². The van der Waals surface area contributed by atoms with Crippen molar-refractivity contribution in [1.82, 2.24) is 4.98 Å². The molecule has 0 aliphatic rings. The lowest BCUT2D eigenvalue weighted by atomic mass is 9.84. The molecule has 0 spiro atoms. The maximum Gasteiger partial charge on any atom is 0.140 e. The van der Waals surface area contributed by atoms with Crippen molar-refractivity contribution < 1.29 is 0 Å². The van der Waals surface area contributed by atoms with Crippen LogP contribution in [0.5, 0.6) is 0 Å². The molecule has 0 amide bonds. The summed E-state index contributed by atoms with van der Waals surface area (Å²) in [5.74, 6) is 1.47. The average molecular weight is 980 g/mol. The van der Waals surface area contributed by atoms with E-state index in [4.69, 9.17) is 16.6 Å². The molecule has 0 fully saturated rings. The highest BCUT2D eigenvalue weighted by Crippen LogP contribution is 2.50. The predicted molar refractivity (Wildman–Crippen MR) is 317 cm³/mol. The SMILES string of the molecule is CC(C)(C)c1ccc(N(c2cccc(-c3cccc4ccccc34)c2)c2cccc(N(c3ccccc3)c3cc(C(C)(C)C)cc(N(c4ccccc4)c4ccccc4)c3Cl)n2)c(-c2cccc3ccccc23)c1. The Bertz CT molecular complexity index is 3730. The first-order valence-corrected chi connectivity index (χ1v) is 25.9. The standard InChI is InChI=1S/C69H59ClN4/c1-68(2,3)51-42-43-62(61(45-51)60-39-22-27-49-25-17-19-37-58(49)60)74(56-35-20-28-50(44-56)59-38-21-26-48-24-16-18-36-57(48)59)66-41-23-40-65(71-66)73(55-33-14-9-15-34-55)64-47-52(69(4,5)6)46-63(67(64)70)72(53-29-10-7-11-30-53)54-31-12-8-13-32-54/h7-47H,1-6H3. The van der Waals surface area contributed by atoms with E-state index in [0.29, 0.717) is 10.8 Å². The van der Waals surface area contributed by atoms with E-state index < -0.39 is 0 Å². The van der Waals surface area contributed by atoms with Gasteiger partial charge in [0.05, 0.1) is 22.1 Å². The third-order valence-corrected chi connectivity index (χ3v) is 14.4. The van der Waals surface area contributed by atoms with Gasteiger partial charge in [-0.2, -0.15) is 0 Å². The lowest BCUT2D eigenvalue weighted by molar-refractivity contribution is 0.590. The summed E-state index contributed by atoms with van der Waals surface area (Å²) >= 11 is 8.00. The van der Waals surface area contributed by atoms with E-state index in [1.54, 1.807) is 0 Å². The first-order valence-electron chi connectivity index (χ1n) is 25.5. The Morgan fingerprint density at radius 3 is 1.32 bits per heavy atom. The molecule has 0 atom stereocenters. The smallest absolute Gasteiger partial charge is 0.140 e. The Labute approximate surface area is 441 Å². The van der Waals surface area contributed by atoms with Gasteiger partial charge in [0.2, 0.25) is 0 Å². The van der Waals surface area contributed by atoms with Gasteiger partial charge in [0.15, 0.2) is 0 Å². The van der Waals surface area contributed by atoms with Crippen LogP contribution in [0.15, 0.2) is 249 Å². The number of hydrogen-bond acceptors (Lipinski definition) is 4. The Hall–Kier alpha value is -8.44. The summed E-state index contributed by atoms with van der Waals surface area (Å²) in [6, 6.07) is 88.7. The van der Waals surface area contributed by atoms with Crippen LogP contribution < -0.4 is 14.7 Å². The Balaban J connectivity index is 1.17. The summed E-state index contributed by atoms with van der Waals surface area (Å²) in [4.78, 5) is 12.6. The van der Waals surface area contributed by atoms with Crippen LogP contribution in [0.2, 0.25) is 5.02 Å². The maximum absolute atomic E-state index is 8.00. The van der Waals surface area contributed by atoms with Gasteiger partial charge in [-0.25, -0.2) is 4.98 Å². The van der Waals surface area contributed by atoms with Gasteiger partial charge in [-0.15, -0.1) is 0 Å². The second-order valence-corrected chi connectivity index (χ2v) is 21.4. The summed E-state index contributed by atoms with van der Waals surface area (Å²) in [7, 11) is 0. The molecule has 74 heavy (non-hydrogen) atoms. The predicted octanol–water partition coefficient (Wildman–Crippen LogP) is 20.4. The minimum atomic E-state index is -0.242. The Kier molecular flexibility index (Phi) is 12.9. The van der Waals surface area contributed by atoms with Gasteiger partial charge >= 0.3 is 0 Å². The summed E-state index contributed by atoms with van der Waals surface area (Å²) < 4.78 is 0. The largest absolute Gasteiger partial charge is 0.309 e. The van der Waals surface area contributed by atoms with Crippen LogP contribution >= 0.6 is 11.6 Å². The molecule has 0 N–H and O–H groups in total. The summed E-state index contributed by atoms with van der Waals surface area (Å²) in [5.41, 5.74) is 13.2. The van der Waals surface area contributed by atoms with Gasteiger partial charge in [-0.1, -0.05) is 217 Å². The van der Waals surface area contributed by atoms with Crippen molar-refractivity contribution in [2.45, 2.75) is 52.4 Å². The van der Waals surface area contributed by atoms with E-state index >= 15 is 0 Å². The molecule has 362 valence electrons. The Morgan fingerprint density at radius 2 is 0.757 bits per heavy atom. The van der Waals surface area contributed by atoms with E-state index in [1.807, 2.05) is 12.1 Å². The molecule has 11 aromatic rings. The van der Waals surface area contributed by atoms with Gasteiger partial charge in [-0.05, 0) is 145 Å². The van der Waals surface area contributed by atoms with Gasteiger partial charge in [0.1, 0.15) is 11.6 Å². The molecule has 0 unspecified atom stereocenters. The van der Waals surface area contributed by atoms with Crippen molar-refractivity contribution in [1.29, 1.82) is 0 Å². The maximum atomic E-state index is 8.00. The van der Waals surface area contributed by atoms with Gasteiger partial charge in [-0.3, -0.25) is 9.80 Å². The molecule has 11 rings (SSSR count). The molecule has 1 heterocycles. The fourth-order valence-electron chi connectivity index (χ4n) is 10.1. The minimum Gasteiger partial charge on any atom is -0.309 e. The highest BCUT2D eigenvalue weighted by atomic mass is 35.5. The van der Waals surface area contributed by atoms with Crippen LogP contribution in [0.4, 0.5) is 51.4 Å². The minimum absolute atomic E-state index is 0.109. The van der Waals surface area contributed by atoms with Crippen LogP contribution in [0.1, 0.15) is 52.7 Å². The molecule has 1 aromatic heterocycles. The number of hydrogen-bond donors (Lipinski definition) is 0. The highest BCUT2D eigenvalue weighted by molar-refractivity contribution is 6.36. The number of aromatic nitrogens is 1. The van der Waals surface area contributed by atoms with Crippen molar-refractivity contribution in [3.63, 3.8) is 0 Å². The van der Waals surface area contributed by atoms with E-state index in [0.717, 1.165) is 67.9 Å². The summed E-state index contributed by atoms with van der Waals surface area (Å²) in [6.07, 6.45) is 0. The zero-order chi connectivity index (χ0) is 51.0. The Morgan fingerprint density at radius 1 is 0.324 bits per heavy atom. The number of para-hydroxylation sites is 3. The van der Waals surface area contributed by atoms with Gasteiger partial charge < -0.3 is 4.90 Å². The van der Waals surface area contributed by atoms with E-state index in [2.05, 4.69) is 293 Å². The molecule has 5 heteroatoms. The molecule has 10 aromatic carbocycles. The van der Waals surface area contributed by atoms with E-state index in [1.165, 1.54) is 32.7 Å². The highest BCUT2D eigenvalue weighted by Gasteiger charge is 2.29. The monoisotopic (exact) mass is 978 g/mol. The first kappa shape index (κ1) is 47.9. The fourth-order valence-corrected chi connectivity index (χ4v) is 10.4. The quantitative estimate of drug-likeness (QED) is 0.129. The zero-order valence-corrected chi connectivity index (χ0v) is 43.6. The average Bonchev–Trinajstić information content (AvgIpc) is 3.43. The molecular weight excluding hydrogens is 920 g/mol. The van der Waals surface area contributed by atoms with Gasteiger partial charge in [0, 0.05) is 28.3 Å². The van der Waals surface area contributed by atoms with Crippen LogP contribution in [-0.2, 0) is 10.8 Å². The molecule has 0 bridgehead atoms. The number of anilines is 9. The van der Waals surface area contributed by atoms with Crippen LogP contribution in [0.3, 0.4) is 0 Å². The van der Waals surface area contributed by atoms with Crippen LogP contribution in [0.25, 0.3) is 43.8 Å².